The highest BCUT2D eigenvalue weighted by atomic mass is 16.3. The van der Waals surface area contributed by atoms with Crippen molar-refractivity contribution in [2.75, 3.05) is 0 Å². The first-order valence-electron chi connectivity index (χ1n) is 11.2. The lowest BCUT2D eigenvalue weighted by Gasteiger charge is -2.44. The molecule has 2 heteroatoms. The summed E-state index contributed by atoms with van der Waals surface area (Å²) in [5.74, 6) is 0.972. The summed E-state index contributed by atoms with van der Waals surface area (Å²) in [7, 11) is 0. The fourth-order valence-electron chi connectivity index (χ4n) is 7.72. The number of fused-ring (bicyclic) bond motifs is 2. The van der Waals surface area contributed by atoms with Gasteiger partial charge in [0.2, 0.25) is 0 Å². The molecule has 3 atom stereocenters. The van der Waals surface area contributed by atoms with Gasteiger partial charge < -0.3 is 5.11 Å². The fraction of sp³-hybridized carbons (Fsp3) is 0.577. The van der Waals surface area contributed by atoms with Crippen LogP contribution >= 0.6 is 0 Å². The Balaban J connectivity index is 1.52. The highest BCUT2D eigenvalue weighted by Crippen LogP contribution is 2.85. The Bertz CT molecular complexity index is 996. The molecule has 6 rings (SSSR count). The van der Waals surface area contributed by atoms with Crippen LogP contribution < -0.4 is 0 Å². The predicted octanol–water partition coefficient (Wildman–Crippen LogP) is 6.22. The van der Waals surface area contributed by atoms with Gasteiger partial charge in [0.25, 0.3) is 0 Å². The molecule has 0 bridgehead atoms. The summed E-state index contributed by atoms with van der Waals surface area (Å²) in [6.07, 6.45) is 13.1. The summed E-state index contributed by atoms with van der Waals surface area (Å²) in [6, 6.07) is 4.34. The minimum absolute atomic E-state index is 0.129. The molecule has 5 aliphatic rings. The van der Waals surface area contributed by atoms with E-state index in [0.29, 0.717) is 11.5 Å². The molecule has 2 nitrogen and oxygen atoms in total. The van der Waals surface area contributed by atoms with Gasteiger partial charge in [-0.15, -0.1) is 0 Å². The normalized spacial score (nSPS) is 38.4. The van der Waals surface area contributed by atoms with Gasteiger partial charge >= 0.3 is 0 Å². The summed E-state index contributed by atoms with van der Waals surface area (Å²) in [4.78, 5) is 12.9. The molecule has 28 heavy (non-hydrogen) atoms. The first-order valence-corrected chi connectivity index (χ1v) is 11.2. The molecular weight excluding hydrogens is 344 g/mol. The van der Waals surface area contributed by atoms with E-state index in [1.807, 2.05) is 6.07 Å². The summed E-state index contributed by atoms with van der Waals surface area (Å²) in [5.41, 5.74) is 8.39. The molecule has 0 aliphatic heterocycles. The lowest BCUT2D eigenvalue weighted by atomic mass is 9.58. The monoisotopic (exact) mass is 374 g/mol. The van der Waals surface area contributed by atoms with Gasteiger partial charge in [-0.25, -0.2) is 0 Å². The third-order valence-corrected chi connectivity index (χ3v) is 9.25. The number of benzene rings is 1. The van der Waals surface area contributed by atoms with Crippen molar-refractivity contribution >= 4 is 16.9 Å². The number of rotatable bonds is 1. The van der Waals surface area contributed by atoms with Crippen LogP contribution in [0.15, 0.2) is 23.8 Å². The average Bonchev–Trinajstić information content (AvgIpc) is 3.25. The SMILES string of the molecule is C[C@]12CC(=O)[C@@]3(C)CCC4=C(CCc5cc(O)c(C6=CCCCC6)cc54)[C@]13C2. The molecule has 0 radical (unpaired) electrons. The van der Waals surface area contributed by atoms with Crippen LogP contribution in [-0.2, 0) is 11.2 Å². The maximum absolute atomic E-state index is 12.9. The van der Waals surface area contributed by atoms with E-state index in [-0.39, 0.29) is 16.2 Å². The Kier molecular flexibility index (Phi) is 3.17. The first-order chi connectivity index (χ1) is 13.4. The second-order valence-corrected chi connectivity index (χ2v) is 10.5. The highest BCUT2D eigenvalue weighted by molar-refractivity contribution is 5.95. The molecule has 1 aromatic rings. The van der Waals surface area contributed by atoms with Crippen LogP contribution in [0, 0.1) is 16.2 Å². The number of phenols is 1. The quantitative estimate of drug-likeness (QED) is 0.634. The summed E-state index contributed by atoms with van der Waals surface area (Å²) >= 11 is 0. The second kappa shape index (κ2) is 5.20. The zero-order valence-corrected chi connectivity index (χ0v) is 17.2. The molecule has 1 aromatic carbocycles. The number of ketones is 1. The maximum Gasteiger partial charge on any atom is 0.140 e. The van der Waals surface area contributed by atoms with E-state index >= 15 is 0 Å². The second-order valence-electron chi connectivity index (χ2n) is 10.5. The van der Waals surface area contributed by atoms with Crippen LogP contribution in [-0.4, -0.2) is 10.9 Å². The molecule has 0 unspecified atom stereocenters. The minimum atomic E-state index is -0.135. The van der Waals surface area contributed by atoms with Gasteiger partial charge in [-0.05, 0) is 97.6 Å². The number of hydrogen-bond donors (Lipinski definition) is 1. The lowest BCUT2D eigenvalue weighted by molar-refractivity contribution is -0.128. The average molecular weight is 375 g/mol. The summed E-state index contributed by atoms with van der Waals surface area (Å²) in [5, 5.41) is 10.7. The van der Waals surface area contributed by atoms with Crippen molar-refractivity contribution in [2.24, 2.45) is 16.2 Å². The largest absolute Gasteiger partial charge is 0.507 e. The van der Waals surface area contributed by atoms with E-state index in [0.717, 1.165) is 50.5 Å². The van der Waals surface area contributed by atoms with Crippen molar-refractivity contribution in [3.8, 4) is 5.75 Å². The van der Waals surface area contributed by atoms with Gasteiger partial charge in [-0.1, -0.05) is 25.5 Å². The Hall–Kier alpha value is -1.83. The number of carbonyl (C=O) groups excluding carboxylic acids is 1. The van der Waals surface area contributed by atoms with Crippen LogP contribution in [0.25, 0.3) is 11.1 Å². The minimum Gasteiger partial charge on any atom is -0.507 e. The number of aromatic hydroxyl groups is 1. The topological polar surface area (TPSA) is 37.3 Å². The molecule has 1 N–H and O–H groups in total. The summed E-state index contributed by atoms with van der Waals surface area (Å²) < 4.78 is 0. The van der Waals surface area contributed by atoms with E-state index < -0.39 is 0 Å². The van der Waals surface area contributed by atoms with E-state index in [1.165, 1.54) is 41.5 Å². The predicted molar refractivity (Wildman–Crippen MR) is 112 cm³/mol. The Labute approximate surface area is 167 Å². The van der Waals surface area contributed by atoms with Crippen molar-refractivity contribution < 1.29 is 9.90 Å². The van der Waals surface area contributed by atoms with Gasteiger partial charge in [0, 0.05) is 22.8 Å². The van der Waals surface area contributed by atoms with E-state index in [1.54, 1.807) is 5.57 Å². The van der Waals surface area contributed by atoms with Crippen LogP contribution in [0.2, 0.25) is 0 Å². The number of Topliss-reactive ketones (excluding diaryl/α,β-unsaturated/α-hetero) is 1. The Morgan fingerprint density at radius 3 is 2.64 bits per heavy atom. The van der Waals surface area contributed by atoms with Gasteiger partial charge in [0.1, 0.15) is 11.5 Å². The highest BCUT2D eigenvalue weighted by Gasteiger charge is 2.81. The van der Waals surface area contributed by atoms with E-state index in [2.05, 4.69) is 26.0 Å². The number of aryl methyl sites for hydroxylation is 1. The standard InChI is InChI=1S/C26H30O2/c1-24-14-23(28)25(2)11-10-18-19-13-20(16-6-4-3-5-7-16)22(27)12-17(19)8-9-21(18)26(24,25)15-24/h6,12-13,27H,3-5,7-11,14-15H2,1-2H3/t24-,25-,26-/m1/s1. The smallest absolute Gasteiger partial charge is 0.140 e. The van der Waals surface area contributed by atoms with Crippen LogP contribution in [0.3, 0.4) is 0 Å². The van der Waals surface area contributed by atoms with Gasteiger partial charge in [-0.2, -0.15) is 0 Å². The molecule has 0 heterocycles. The Morgan fingerprint density at radius 1 is 1.00 bits per heavy atom. The molecule has 2 fully saturated rings. The molecule has 2 saturated carbocycles. The van der Waals surface area contributed by atoms with E-state index in [9.17, 15) is 9.90 Å². The van der Waals surface area contributed by atoms with Crippen LogP contribution in [0.5, 0.6) is 5.75 Å². The molecule has 0 aromatic heterocycles. The maximum atomic E-state index is 12.9. The zero-order chi connectivity index (χ0) is 19.3. The van der Waals surface area contributed by atoms with E-state index in [4.69, 9.17) is 0 Å². The summed E-state index contributed by atoms with van der Waals surface area (Å²) in [6.45, 7) is 4.62. The number of phenolic OH excluding ortho intramolecular Hbond substituents is 1. The zero-order valence-electron chi connectivity index (χ0n) is 17.2. The molecule has 146 valence electrons. The Morgan fingerprint density at radius 2 is 1.86 bits per heavy atom. The first kappa shape index (κ1) is 17.1. The van der Waals surface area contributed by atoms with Crippen molar-refractivity contribution in [1.82, 2.24) is 0 Å². The van der Waals surface area contributed by atoms with Gasteiger partial charge in [0.15, 0.2) is 0 Å². The lowest BCUT2D eigenvalue weighted by Crippen LogP contribution is -2.39. The van der Waals surface area contributed by atoms with Gasteiger partial charge in [-0.3, -0.25) is 4.79 Å². The van der Waals surface area contributed by atoms with Crippen molar-refractivity contribution in [3.63, 3.8) is 0 Å². The van der Waals surface area contributed by atoms with Crippen molar-refractivity contribution in [1.29, 1.82) is 0 Å². The molecule has 5 aliphatic carbocycles. The van der Waals surface area contributed by atoms with Crippen molar-refractivity contribution in [3.05, 3.63) is 40.5 Å². The molecule has 0 amide bonds. The fourth-order valence-corrected chi connectivity index (χ4v) is 7.72. The third-order valence-electron chi connectivity index (χ3n) is 9.25. The molecule has 1 spiro atoms. The number of allylic oxidation sites excluding steroid dienone is 4. The number of hydrogen-bond acceptors (Lipinski definition) is 2. The number of carbonyl (C=O) groups is 1. The van der Waals surface area contributed by atoms with Crippen LogP contribution in [0.4, 0.5) is 0 Å². The molecule has 0 saturated heterocycles. The molecular formula is C26H30O2. The van der Waals surface area contributed by atoms with Crippen molar-refractivity contribution in [2.45, 2.75) is 78.1 Å². The van der Waals surface area contributed by atoms with Gasteiger partial charge in [0.05, 0.1) is 0 Å². The third kappa shape index (κ3) is 1.83. The van der Waals surface area contributed by atoms with Crippen LogP contribution in [0.1, 0.15) is 88.3 Å².